The zero-order valence-electron chi connectivity index (χ0n) is 12.3. The van der Waals surface area contributed by atoms with E-state index in [0.29, 0.717) is 31.0 Å². The minimum atomic E-state index is 0.580. The van der Waals surface area contributed by atoms with Gasteiger partial charge < -0.3 is 24.1 Å². The quantitative estimate of drug-likeness (QED) is 0.703. The Labute approximate surface area is 119 Å². The Morgan fingerprint density at radius 1 is 1.25 bits per heavy atom. The number of rotatable bonds is 8. The molecule has 1 fully saturated rings. The van der Waals surface area contributed by atoms with Crippen LogP contribution in [-0.2, 0) is 16.0 Å². The van der Waals surface area contributed by atoms with Crippen LogP contribution in [0.2, 0.25) is 0 Å². The first-order valence-corrected chi connectivity index (χ1v) is 7.09. The molecule has 2 heterocycles. The average molecular weight is 284 g/mol. The summed E-state index contributed by atoms with van der Waals surface area (Å²) in [5.41, 5.74) is 0. The number of nitrogens with zero attached hydrogens (tertiary/aromatic N) is 3. The van der Waals surface area contributed by atoms with Gasteiger partial charge in [0.2, 0.25) is 5.89 Å². The van der Waals surface area contributed by atoms with E-state index < -0.39 is 0 Å². The molecule has 0 atom stereocenters. The molecule has 7 heteroatoms. The summed E-state index contributed by atoms with van der Waals surface area (Å²) in [6.45, 7) is 4.77. The summed E-state index contributed by atoms with van der Waals surface area (Å²) in [5.74, 6) is 1.27. The van der Waals surface area contributed by atoms with Crippen molar-refractivity contribution in [2.75, 3.05) is 52.0 Å². The summed E-state index contributed by atoms with van der Waals surface area (Å²) in [4.78, 5) is 2.15. The number of hydrogen-bond acceptors (Lipinski definition) is 7. The summed E-state index contributed by atoms with van der Waals surface area (Å²) in [7, 11) is 3.44. The van der Waals surface area contributed by atoms with E-state index in [1.165, 1.54) is 0 Å². The van der Waals surface area contributed by atoms with Crippen LogP contribution in [0.5, 0.6) is 0 Å². The number of anilines is 1. The lowest BCUT2D eigenvalue weighted by atomic mass is 9.98. The number of aromatic nitrogens is 2. The Morgan fingerprint density at radius 2 is 2.05 bits per heavy atom. The van der Waals surface area contributed by atoms with Crippen LogP contribution < -0.4 is 10.2 Å². The zero-order chi connectivity index (χ0) is 14.2. The number of ether oxygens (including phenoxy) is 2. The molecule has 0 spiro atoms. The van der Waals surface area contributed by atoms with Gasteiger partial charge in [0, 0.05) is 40.5 Å². The molecule has 1 N–H and O–H groups in total. The second kappa shape index (κ2) is 8.18. The standard InChI is InChI=1S/C13H24N4O3/c1-18-8-5-14-9-12-15-16-13(20-12)17-6-3-11(4-7-17)10-19-2/h11,14H,3-10H2,1-2H3. The third-order valence-corrected chi connectivity index (χ3v) is 3.50. The Bertz CT molecular complexity index is 377. The van der Waals surface area contributed by atoms with Crippen molar-refractivity contribution < 1.29 is 13.9 Å². The van der Waals surface area contributed by atoms with Crippen LogP contribution >= 0.6 is 0 Å². The van der Waals surface area contributed by atoms with Crippen LogP contribution in [0.25, 0.3) is 0 Å². The fourth-order valence-electron chi connectivity index (χ4n) is 2.34. The Kier molecular flexibility index (Phi) is 6.23. The second-order valence-electron chi connectivity index (χ2n) is 5.03. The SMILES string of the molecule is COCCNCc1nnc(N2CCC(COC)CC2)o1. The Morgan fingerprint density at radius 3 is 2.75 bits per heavy atom. The number of nitrogens with one attached hydrogen (secondary N) is 1. The third-order valence-electron chi connectivity index (χ3n) is 3.50. The maximum atomic E-state index is 5.67. The lowest BCUT2D eigenvalue weighted by Gasteiger charge is -2.30. The van der Waals surface area contributed by atoms with Gasteiger partial charge in [0.1, 0.15) is 0 Å². The van der Waals surface area contributed by atoms with Crippen molar-refractivity contribution >= 4 is 6.01 Å². The van der Waals surface area contributed by atoms with E-state index in [-0.39, 0.29) is 0 Å². The summed E-state index contributed by atoms with van der Waals surface area (Å²) >= 11 is 0. The van der Waals surface area contributed by atoms with E-state index >= 15 is 0 Å². The van der Waals surface area contributed by atoms with Crippen molar-refractivity contribution in [2.45, 2.75) is 19.4 Å². The van der Waals surface area contributed by atoms with Gasteiger partial charge in [-0.15, -0.1) is 5.10 Å². The van der Waals surface area contributed by atoms with E-state index in [1.54, 1.807) is 14.2 Å². The molecule has 0 aliphatic carbocycles. The normalized spacial score (nSPS) is 16.8. The molecule has 0 saturated carbocycles. The molecule has 1 aromatic rings. The minimum Gasteiger partial charge on any atom is -0.407 e. The topological polar surface area (TPSA) is 72.7 Å². The lowest BCUT2D eigenvalue weighted by Crippen LogP contribution is -2.35. The molecule has 7 nitrogen and oxygen atoms in total. The van der Waals surface area contributed by atoms with E-state index in [1.807, 2.05) is 0 Å². The Balaban J connectivity index is 1.75. The van der Waals surface area contributed by atoms with Gasteiger partial charge >= 0.3 is 6.01 Å². The Hall–Kier alpha value is -1.18. The molecule has 0 bridgehead atoms. The molecular weight excluding hydrogens is 260 g/mol. The largest absolute Gasteiger partial charge is 0.407 e. The molecule has 20 heavy (non-hydrogen) atoms. The van der Waals surface area contributed by atoms with Crippen LogP contribution in [0.1, 0.15) is 18.7 Å². The second-order valence-corrected chi connectivity index (χ2v) is 5.03. The molecule has 0 aromatic carbocycles. The van der Waals surface area contributed by atoms with Crippen molar-refractivity contribution in [3.05, 3.63) is 5.89 Å². The molecule has 1 aromatic heterocycles. The van der Waals surface area contributed by atoms with Gasteiger partial charge in [0.15, 0.2) is 0 Å². The van der Waals surface area contributed by atoms with E-state index in [2.05, 4.69) is 20.4 Å². The minimum absolute atomic E-state index is 0.580. The third kappa shape index (κ3) is 4.43. The highest BCUT2D eigenvalue weighted by atomic mass is 16.5. The van der Waals surface area contributed by atoms with Gasteiger partial charge in [-0.2, -0.15) is 0 Å². The van der Waals surface area contributed by atoms with Crippen LogP contribution in [0.4, 0.5) is 6.01 Å². The van der Waals surface area contributed by atoms with Gasteiger partial charge in [-0.05, 0) is 18.8 Å². The smallest absolute Gasteiger partial charge is 0.318 e. The van der Waals surface area contributed by atoms with Crippen LogP contribution in [-0.4, -0.2) is 57.3 Å². The first kappa shape index (κ1) is 15.2. The molecular formula is C13H24N4O3. The van der Waals surface area contributed by atoms with Gasteiger partial charge in [0.25, 0.3) is 0 Å². The summed E-state index contributed by atoms with van der Waals surface area (Å²) in [6, 6.07) is 0.629. The van der Waals surface area contributed by atoms with E-state index in [0.717, 1.165) is 39.1 Å². The van der Waals surface area contributed by atoms with Crippen LogP contribution in [0.15, 0.2) is 4.42 Å². The summed E-state index contributed by atoms with van der Waals surface area (Å²) in [5, 5.41) is 11.4. The van der Waals surface area contributed by atoms with Crippen molar-refractivity contribution in [1.82, 2.24) is 15.5 Å². The first-order chi connectivity index (χ1) is 9.83. The molecule has 114 valence electrons. The highest BCUT2D eigenvalue weighted by Crippen LogP contribution is 2.22. The first-order valence-electron chi connectivity index (χ1n) is 7.09. The zero-order valence-corrected chi connectivity index (χ0v) is 12.3. The van der Waals surface area contributed by atoms with E-state index in [4.69, 9.17) is 13.9 Å². The van der Waals surface area contributed by atoms with Gasteiger partial charge in [-0.25, -0.2) is 0 Å². The maximum Gasteiger partial charge on any atom is 0.318 e. The van der Waals surface area contributed by atoms with Crippen LogP contribution in [0.3, 0.4) is 0 Å². The molecule has 2 rings (SSSR count). The van der Waals surface area contributed by atoms with E-state index in [9.17, 15) is 0 Å². The monoisotopic (exact) mass is 284 g/mol. The van der Waals surface area contributed by atoms with Crippen LogP contribution in [0, 0.1) is 5.92 Å². The van der Waals surface area contributed by atoms with Gasteiger partial charge in [-0.1, -0.05) is 5.10 Å². The van der Waals surface area contributed by atoms with Crippen molar-refractivity contribution in [2.24, 2.45) is 5.92 Å². The molecule has 1 aliphatic rings. The molecule has 0 unspecified atom stereocenters. The average Bonchev–Trinajstić information content (AvgIpc) is 2.94. The van der Waals surface area contributed by atoms with Gasteiger partial charge in [-0.3, -0.25) is 0 Å². The molecule has 1 saturated heterocycles. The van der Waals surface area contributed by atoms with Gasteiger partial charge in [0.05, 0.1) is 13.2 Å². The predicted molar refractivity (Wildman–Crippen MR) is 74.7 cm³/mol. The van der Waals surface area contributed by atoms with Crippen molar-refractivity contribution in [3.8, 4) is 0 Å². The number of hydrogen-bond donors (Lipinski definition) is 1. The fourth-order valence-corrected chi connectivity index (χ4v) is 2.34. The van der Waals surface area contributed by atoms with Crippen molar-refractivity contribution in [1.29, 1.82) is 0 Å². The number of piperidine rings is 1. The summed E-state index contributed by atoms with van der Waals surface area (Å²) < 4.78 is 15.8. The molecule has 0 radical (unpaired) electrons. The highest BCUT2D eigenvalue weighted by molar-refractivity contribution is 5.24. The van der Waals surface area contributed by atoms with Crippen molar-refractivity contribution in [3.63, 3.8) is 0 Å². The fraction of sp³-hybridized carbons (Fsp3) is 0.846. The lowest BCUT2D eigenvalue weighted by molar-refractivity contribution is 0.138. The summed E-state index contributed by atoms with van der Waals surface area (Å²) in [6.07, 6.45) is 2.22. The molecule has 1 aliphatic heterocycles. The number of methoxy groups -OCH3 is 2. The highest BCUT2D eigenvalue weighted by Gasteiger charge is 2.22. The predicted octanol–water partition coefficient (Wildman–Crippen LogP) is 0.668. The maximum absolute atomic E-state index is 5.67. The molecule has 0 amide bonds.